The number of piperazine rings is 1. The van der Waals surface area contributed by atoms with Crippen LogP contribution in [0.3, 0.4) is 0 Å². The maximum absolute atomic E-state index is 12.2. The lowest BCUT2D eigenvalue weighted by atomic mass is 10.1. The van der Waals surface area contributed by atoms with Crippen LogP contribution >= 0.6 is 0 Å². The third-order valence-corrected chi connectivity index (χ3v) is 6.98. The highest BCUT2D eigenvalue weighted by Gasteiger charge is 2.40. The van der Waals surface area contributed by atoms with Crippen LogP contribution in [0.2, 0.25) is 0 Å². The van der Waals surface area contributed by atoms with E-state index in [1.54, 1.807) is 28.6 Å². The summed E-state index contributed by atoms with van der Waals surface area (Å²) in [6, 6.07) is 6.77. The SMILES string of the molecule is CC(=O)c1ccc(NC(=O)CN2CCN(S(=O)(=O)C3CC3)CC2)cc1. The number of amides is 1. The van der Waals surface area contributed by atoms with Crippen molar-refractivity contribution in [2.24, 2.45) is 0 Å². The fraction of sp³-hybridized carbons (Fsp3) is 0.529. The van der Waals surface area contributed by atoms with Gasteiger partial charge in [0.15, 0.2) is 5.78 Å². The molecule has 1 aromatic rings. The van der Waals surface area contributed by atoms with Crippen LogP contribution < -0.4 is 5.32 Å². The number of nitrogens with zero attached hydrogens (tertiary/aromatic N) is 2. The van der Waals surface area contributed by atoms with Gasteiger partial charge in [-0.15, -0.1) is 0 Å². The molecule has 1 aromatic carbocycles. The molecular weight excluding hydrogens is 342 g/mol. The van der Waals surface area contributed by atoms with Crippen LogP contribution in [0.5, 0.6) is 0 Å². The van der Waals surface area contributed by atoms with Gasteiger partial charge < -0.3 is 5.32 Å². The Balaban J connectivity index is 1.47. The number of ketones is 1. The van der Waals surface area contributed by atoms with E-state index in [0.29, 0.717) is 37.4 Å². The summed E-state index contributed by atoms with van der Waals surface area (Å²) in [6.45, 7) is 3.73. The van der Waals surface area contributed by atoms with E-state index in [2.05, 4.69) is 5.32 Å². The zero-order valence-electron chi connectivity index (χ0n) is 14.3. The van der Waals surface area contributed by atoms with Gasteiger partial charge in [0.05, 0.1) is 11.8 Å². The van der Waals surface area contributed by atoms with Gasteiger partial charge in [-0.05, 0) is 44.0 Å². The third-order valence-electron chi connectivity index (χ3n) is 4.58. The summed E-state index contributed by atoms with van der Waals surface area (Å²) < 4.78 is 26.0. The van der Waals surface area contributed by atoms with Crippen LogP contribution in [-0.2, 0) is 14.8 Å². The average molecular weight is 365 g/mol. The number of hydrogen-bond acceptors (Lipinski definition) is 5. The molecule has 0 bridgehead atoms. The number of carbonyl (C=O) groups is 2. The molecule has 2 fully saturated rings. The monoisotopic (exact) mass is 365 g/mol. The van der Waals surface area contributed by atoms with Crippen molar-refractivity contribution >= 4 is 27.4 Å². The van der Waals surface area contributed by atoms with Crippen molar-refractivity contribution in [3.63, 3.8) is 0 Å². The molecular formula is C17H23N3O4S. The number of Topliss-reactive ketones (excluding diaryl/α,β-unsaturated/α-hetero) is 1. The maximum atomic E-state index is 12.2. The van der Waals surface area contributed by atoms with E-state index >= 15 is 0 Å². The molecule has 8 heteroatoms. The van der Waals surface area contributed by atoms with Crippen molar-refractivity contribution in [3.05, 3.63) is 29.8 Å². The first-order chi connectivity index (χ1) is 11.9. The molecule has 25 heavy (non-hydrogen) atoms. The predicted molar refractivity (Wildman–Crippen MR) is 95.0 cm³/mol. The normalized spacial score (nSPS) is 19.6. The number of sulfonamides is 1. The minimum Gasteiger partial charge on any atom is -0.325 e. The van der Waals surface area contributed by atoms with Crippen molar-refractivity contribution in [1.29, 1.82) is 0 Å². The Hall–Kier alpha value is -1.77. The first kappa shape index (κ1) is 18.0. The van der Waals surface area contributed by atoms with E-state index in [4.69, 9.17) is 0 Å². The lowest BCUT2D eigenvalue weighted by molar-refractivity contribution is -0.117. The molecule has 0 atom stereocenters. The summed E-state index contributed by atoms with van der Waals surface area (Å²) in [5.74, 6) is -0.161. The third kappa shape index (κ3) is 4.45. The molecule has 0 aromatic heterocycles. The van der Waals surface area contributed by atoms with Crippen molar-refractivity contribution in [1.82, 2.24) is 9.21 Å². The van der Waals surface area contributed by atoms with Crippen LogP contribution in [0.15, 0.2) is 24.3 Å². The van der Waals surface area contributed by atoms with Gasteiger partial charge in [0.25, 0.3) is 0 Å². The van der Waals surface area contributed by atoms with Crippen molar-refractivity contribution in [2.45, 2.75) is 25.0 Å². The van der Waals surface area contributed by atoms with Crippen LogP contribution in [0.4, 0.5) is 5.69 Å². The van der Waals surface area contributed by atoms with Gasteiger partial charge in [0.1, 0.15) is 0 Å². The first-order valence-corrected chi connectivity index (χ1v) is 9.99. The van der Waals surface area contributed by atoms with Gasteiger partial charge in [-0.25, -0.2) is 8.42 Å². The summed E-state index contributed by atoms with van der Waals surface area (Å²) in [4.78, 5) is 25.3. The second-order valence-electron chi connectivity index (χ2n) is 6.60. The summed E-state index contributed by atoms with van der Waals surface area (Å²) in [5.41, 5.74) is 1.25. The number of hydrogen-bond donors (Lipinski definition) is 1. The van der Waals surface area contributed by atoms with Crippen LogP contribution in [0, 0.1) is 0 Å². The van der Waals surface area contributed by atoms with E-state index in [1.807, 2.05) is 4.90 Å². The molecule has 1 saturated carbocycles. The summed E-state index contributed by atoms with van der Waals surface area (Å²) in [5, 5.41) is 2.62. The zero-order valence-corrected chi connectivity index (χ0v) is 15.1. The Kier molecular flexibility index (Phi) is 5.21. The fourth-order valence-corrected chi connectivity index (χ4v) is 4.74. The Morgan fingerprint density at radius 3 is 2.20 bits per heavy atom. The number of anilines is 1. The molecule has 1 saturated heterocycles. The topological polar surface area (TPSA) is 86.8 Å². The van der Waals surface area contributed by atoms with E-state index in [1.165, 1.54) is 6.92 Å². The van der Waals surface area contributed by atoms with E-state index in [9.17, 15) is 18.0 Å². The second-order valence-corrected chi connectivity index (χ2v) is 8.81. The summed E-state index contributed by atoms with van der Waals surface area (Å²) in [7, 11) is -3.12. The smallest absolute Gasteiger partial charge is 0.238 e. The quantitative estimate of drug-likeness (QED) is 0.758. The molecule has 0 radical (unpaired) electrons. The van der Waals surface area contributed by atoms with Gasteiger partial charge in [0, 0.05) is 37.4 Å². The van der Waals surface area contributed by atoms with Crippen molar-refractivity contribution in [2.75, 3.05) is 38.0 Å². The Labute approximate surface area is 148 Å². The van der Waals surface area contributed by atoms with Gasteiger partial charge in [-0.2, -0.15) is 4.31 Å². The predicted octanol–water partition coefficient (Wildman–Crippen LogP) is 0.938. The maximum Gasteiger partial charge on any atom is 0.238 e. The summed E-state index contributed by atoms with van der Waals surface area (Å²) >= 11 is 0. The molecule has 0 unspecified atom stereocenters. The van der Waals surface area contributed by atoms with Gasteiger partial charge in [-0.1, -0.05) is 0 Å². The molecule has 2 aliphatic rings. The first-order valence-electron chi connectivity index (χ1n) is 8.48. The van der Waals surface area contributed by atoms with Gasteiger partial charge >= 0.3 is 0 Å². The minimum atomic E-state index is -3.12. The molecule has 1 heterocycles. The molecule has 136 valence electrons. The molecule has 1 aliphatic heterocycles. The highest BCUT2D eigenvalue weighted by atomic mass is 32.2. The molecule has 1 aliphatic carbocycles. The number of carbonyl (C=O) groups excluding carboxylic acids is 2. The second kappa shape index (κ2) is 7.23. The minimum absolute atomic E-state index is 0.0168. The molecule has 1 N–H and O–H groups in total. The number of nitrogens with one attached hydrogen (secondary N) is 1. The van der Waals surface area contributed by atoms with E-state index in [-0.39, 0.29) is 23.5 Å². The fourth-order valence-electron chi connectivity index (χ4n) is 2.91. The van der Waals surface area contributed by atoms with Crippen LogP contribution in [-0.4, -0.2) is 67.3 Å². The summed E-state index contributed by atoms with van der Waals surface area (Å²) in [6.07, 6.45) is 1.54. The molecule has 3 rings (SSSR count). The Morgan fingerprint density at radius 1 is 1.08 bits per heavy atom. The Bertz CT molecular complexity index is 749. The average Bonchev–Trinajstić information content (AvgIpc) is 3.41. The van der Waals surface area contributed by atoms with Gasteiger partial charge in [0.2, 0.25) is 15.9 Å². The van der Waals surface area contributed by atoms with Crippen molar-refractivity contribution in [3.8, 4) is 0 Å². The Morgan fingerprint density at radius 2 is 1.68 bits per heavy atom. The lowest BCUT2D eigenvalue weighted by Gasteiger charge is -2.33. The number of rotatable bonds is 6. The zero-order chi connectivity index (χ0) is 18.0. The highest BCUT2D eigenvalue weighted by Crippen LogP contribution is 2.31. The van der Waals surface area contributed by atoms with E-state index < -0.39 is 10.0 Å². The highest BCUT2D eigenvalue weighted by molar-refractivity contribution is 7.90. The largest absolute Gasteiger partial charge is 0.325 e. The van der Waals surface area contributed by atoms with Crippen molar-refractivity contribution < 1.29 is 18.0 Å². The van der Waals surface area contributed by atoms with Gasteiger partial charge in [-0.3, -0.25) is 14.5 Å². The standard InChI is InChI=1S/C17H23N3O4S/c1-13(21)14-2-4-15(5-3-14)18-17(22)12-19-8-10-20(11-9-19)25(23,24)16-6-7-16/h2-5,16H,6-12H2,1H3,(H,18,22). The van der Waals surface area contributed by atoms with Crippen LogP contribution in [0.25, 0.3) is 0 Å². The lowest BCUT2D eigenvalue weighted by Crippen LogP contribution is -2.51. The van der Waals surface area contributed by atoms with E-state index in [0.717, 1.165) is 12.8 Å². The van der Waals surface area contributed by atoms with Crippen LogP contribution in [0.1, 0.15) is 30.1 Å². The molecule has 1 amide bonds. The number of benzene rings is 1. The molecule has 0 spiro atoms. The molecule has 7 nitrogen and oxygen atoms in total.